The number of nitrogens with one attached hydrogen (secondary N) is 1. The van der Waals surface area contributed by atoms with Crippen LogP contribution in [0.2, 0.25) is 0 Å². The Bertz CT molecular complexity index is 46.1. The van der Waals surface area contributed by atoms with Gasteiger partial charge >= 0.3 is 6.41 Å². The highest BCUT2D eigenvalue weighted by molar-refractivity contribution is 14.1. The van der Waals surface area contributed by atoms with Gasteiger partial charge < -0.3 is 5.32 Å². The first-order chi connectivity index (χ1) is 2.77. The van der Waals surface area contributed by atoms with Crippen LogP contribution in [0.5, 0.6) is 0 Å². The van der Waals surface area contributed by atoms with Crippen molar-refractivity contribution < 1.29 is 4.79 Å². The summed E-state index contributed by atoms with van der Waals surface area (Å²) in [6, 6.07) is 0. The molecule has 0 aliphatic rings. The SMILES string of the molecule is CC(I)N[C]=O. The molecule has 0 aromatic heterocycles. The van der Waals surface area contributed by atoms with Crippen molar-refractivity contribution in [2.24, 2.45) is 0 Å². The molecule has 1 unspecified atom stereocenters. The van der Waals surface area contributed by atoms with Gasteiger partial charge in [0.2, 0.25) is 0 Å². The fourth-order valence-electron chi connectivity index (χ4n) is 0.0812. The molecule has 0 rings (SSSR count). The maximum atomic E-state index is 9.37. The second-order valence-corrected chi connectivity index (χ2v) is 2.73. The monoisotopic (exact) mass is 198 g/mol. The summed E-state index contributed by atoms with van der Waals surface area (Å²) >= 11 is 2.07. The van der Waals surface area contributed by atoms with Crippen LogP contribution in [0.3, 0.4) is 0 Å². The Labute approximate surface area is 50.4 Å². The van der Waals surface area contributed by atoms with E-state index >= 15 is 0 Å². The molecule has 0 aliphatic heterocycles. The molecule has 35 valence electrons. The van der Waals surface area contributed by atoms with Gasteiger partial charge in [-0.2, -0.15) is 0 Å². The number of hydrogen-bond acceptors (Lipinski definition) is 1. The van der Waals surface area contributed by atoms with Crippen molar-refractivity contribution in [3.8, 4) is 0 Å². The van der Waals surface area contributed by atoms with Crippen LogP contribution in [0.1, 0.15) is 6.92 Å². The summed E-state index contributed by atoms with van der Waals surface area (Å²) in [5.74, 6) is 0. The van der Waals surface area contributed by atoms with Gasteiger partial charge in [0.05, 0.1) is 4.05 Å². The average molecular weight is 198 g/mol. The zero-order valence-electron chi connectivity index (χ0n) is 3.36. The molecule has 1 radical (unpaired) electrons. The van der Waals surface area contributed by atoms with Gasteiger partial charge in [0, 0.05) is 0 Å². The van der Waals surface area contributed by atoms with Crippen LogP contribution in [-0.2, 0) is 4.79 Å². The quantitative estimate of drug-likeness (QED) is 0.296. The fraction of sp³-hybridized carbons (Fsp3) is 0.667. The Kier molecular flexibility index (Phi) is 3.51. The van der Waals surface area contributed by atoms with E-state index in [1.54, 1.807) is 6.41 Å². The van der Waals surface area contributed by atoms with Crippen molar-refractivity contribution >= 4 is 29.0 Å². The van der Waals surface area contributed by atoms with Crippen LogP contribution in [-0.4, -0.2) is 10.5 Å². The number of hydrogen-bond donors (Lipinski definition) is 1. The molecule has 0 aromatic rings. The summed E-state index contributed by atoms with van der Waals surface area (Å²) in [6.45, 7) is 1.87. The summed E-state index contributed by atoms with van der Waals surface area (Å²) in [7, 11) is 0. The lowest BCUT2D eigenvalue weighted by Gasteiger charge is -1.92. The maximum Gasteiger partial charge on any atom is 0.310 e. The molecule has 0 saturated heterocycles. The van der Waals surface area contributed by atoms with Crippen molar-refractivity contribution in [3.05, 3.63) is 0 Å². The minimum atomic E-state index is 0.195. The molecule has 0 aromatic carbocycles. The number of amides is 1. The predicted octanol–water partition coefficient (Wildman–Crippen LogP) is 0.424. The fourth-order valence-corrected chi connectivity index (χ4v) is 0.208. The van der Waals surface area contributed by atoms with Crippen LogP contribution >= 0.6 is 22.6 Å². The molecular weight excluding hydrogens is 193 g/mol. The number of rotatable bonds is 2. The first kappa shape index (κ1) is 6.20. The second-order valence-electron chi connectivity index (χ2n) is 0.862. The van der Waals surface area contributed by atoms with Crippen molar-refractivity contribution in [1.82, 2.24) is 5.32 Å². The Morgan fingerprint density at radius 1 is 2.00 bits per heavy atom. The smallest absolute Gasteiger partial charge is 0.310 e. The van der Waals surface area contributed by atoms with E-state index in [1.807, 2.05) is 6.92 Å². The van der Waals surface area contributed by atoms with Crippen molar-refractivity contribution in [2.45, 2.75) is 11.0 Å². The van der Waals surface area contributed by atoms with Gasteiger partial charge in [-0.3, -0.25) is 4.79 Å². The zero-order chi connectivity index (χ0) is 4.99. The molecule has 1 N–H and O–H groups in total. The highest BCUT2D eigenvalue weighted by Gasteiger charge is 1.85. The minimum absolute atomic E-state index is 0.195. The van der Waals surface area contributed by atoms with Crippen molar-refractivity contribution in [1.29, 1.82) is 0 Å². The van der Waals surface area contributed by atoms with Gasteiger partial charge in [0.1, 0.15) is 0 Å². The zero-order valence-corrected chi connectivity index (χ0v) is 5.52. The lowest BCUT2D eigenvalue weighted by Crippen LogP contribution is -2.16. The van der Waals surface area contributed by atoms with E-state index in [4.69, 9.17) is 0 Å². The van der Waals surface area contributed by atoms with Crippen LogP contribution in [0.15, 0.2) is 0 Å². The van der Waals surface area contributed by atoms with Gasteiger partial charge in [-0.25, -0.2) is 0 Å². The third kappa shape index (κ3) is 4.20. The van der Waals surface area contributed by atoms with Crippen molar-refractivity contribution in [3.63, 3.8) is 0 Å². The van der Waals surface area contributed by atoms with E-state index in [-0.39, 0.29) is 4.05 Å². The number of alkyl halides is 1. The summed E-state index contributed by atoms with van der Waals surface area (Å²) in [5.41, 5.74) is 0. The summed E-state index contributed by atoms with van der Waals surface area (Å²) in [4.78, 5) is 9.37. The normalized spacial score (nSPS) is 13.0. The van der Waals surface area contributed by atoms with Gasteiger partial charge in [0.25, 0.3) is 0 Å². The summed E-state index contributed by atoms with van der Waals surface area (Å²) in [6.07, 6.45) is 1.56. The van der Waals surface area contributed by atoms with E-state index in [0.717, 1.165) is 0 Å². The molecule has 1 atom stereocenters. The molecule has 0 heterocycles. The molecule has 0 saturated carbocycles. The van der Waals surface area contributed by atoms with E-state index in [1.165, 1.54) is 0 Å². The highest BCUT2D eigenvalue weighted by atomic mass is 127. The molecule has 0 aliphatic carbocycles. The van der Waals surface area contributed by atoms with E-state index in [0.29, 0.717) is 0 Å². The van der Waals surface area contributed by atoms with Crippen LogP contribution in [0, 0.1) is 0 Å². The van der Waals surface area contributed by atoms with Crippen LogP contribution in [0.25, 0.3) is 0 Å². The van der Waals surface area contributed by atoms with E-state index in [2.05, 4.69) is 27.9 Å². The highest BCUT2D eigenvalue weighted by Crippen LogP contribution is 1.87. The Morgan fingerprint density at radius 2 is 2.50 bits per heavy atom. The lowest BCUT2D eigenvalue weighted by molar-refractivity contribution is 0.543. The first-order valence-electron chi connectivity index (χ1n) is 1.54. The second kappa shape index (κ2) is 3.39. The molecular formula is C3H5INO. The van der Waals surface area contributed by atoms with Crippen LogP contribution < -0.4 is 5.32 Å². The molecule has 3 heteroatoms. The molecule has 2 nitrogen and oxygen atoms in total. The van der Waals surface area contributed by atoms with Gasteiger partial charge in [-0.15, -0.1) is 0 Å². The third-order valence-corrected chi connectivity index (χ3v) is 0.569. The van der Waals surface area contributed by atoms with Gasteiger partial charge in [-0.1, -0.05) is 22.6 Å². The van der Waals surface area contributed by atoms with Gasteiger partial charge in [-0.05, 0) is 6.92 Å². The number of halogens is 1. The molecule has 6 heavy (non-hydrogen) atoms. The van der Waals surface area contributed by atoms with Crippen molar-refractivity contribution in [2.75, 3.05) is 0 Å². The maximum absolute atomic E-state index is 9.37. The lowest BCUT2D eigenvalue weighted by atomic mass is 10.8. The Balaban J connectivity index is 2.81. The van der Waals surface area contributed by atoms with Crippen LogP contribution in [0.4, 0.5) is 0 Å². The summed E-state index contributed by atoms with van der Waals surface area (Å²) < 4.78 is 0.195. The largest absolute Gasteiger partial charge is 0.336 e. The minimum Gasteiger partial charge on any atom is -0.336 e. The standard InChI is InChI=1S/C3H5INO/c1-3(4)5-2-6/h3H,1H3,(H,5,6). The Hall–Kier alpha value is 0.200. The van der Waals surface area contributed by atoms with E-state index in [9.17, 15) is 4.79 Å². The molecule has 0 spiro atoms. The molecule has 0 fully saturated rings. The molecule has 0 bridgehead atoms. The predicted molar refractivity (Wildman–Crippen MR) is 32.3 cm³/mol. The molecule has 1 amide bonds. The van der Waals surface area contributed by atoms with Gasteiger partial charge in [0.15, 0.2) is 0 Å². The third-order valence-electron chi connectivity index (χ3n) is 0.258. The Morgan fingerprint density at radius 3 is 2.50 bits per heavy atom. The topological polar surface area (TPSA) is 29.1 Å². The van der Waals surface area contributed by atoms with E-state index < -0.39 is 0 Å². The first-order valence-corrected chi connectivity index (χ1v) is 2.78. The average Bonchev–Trinajstić information content (AvgIpc) is 1.35. The summed E-state index contributed by atoms with van der Waals surface area (Å²) in [5, 5.41) is 2.39. The number of carbonyl (C=O) groups excluding carboxylic acids is 1.